The number of rotatable bonds is 4. The molecule has 0 atom stereocenters. The van der Waals surface area contributed by atoms with Crippen LogP contribution in [-0.4, -0.2) is 24.2 Å². The monoisotopic (exact) mass is 541 g/mol. The fourth-order valence-electron chi connectivity index (χ4n) is 1.63. The fourth-order valence-corrected chi connectivity index (χ4v) is 4.09. The van der Waals surface area contributed by atoms with Crippen LogP contribution in [0, 0.1) is 7.14 Å². The minimum absolute atomic E-state index is 0.142. The van der Waals surface area contributed by atoms with Crippen LogP contribution in [0.4, 0.5) is 0 Å². The SMILES string of the molecule is COc1c(I)cc(C=NNC(=O)c2cccnc2Cl)cc1I. The van der Waals surface area contributed by atoms with E-state index in [4.69, 9.17) is 16.3 Å². The van der Waals surface area contributed by atoms with Crippen molar-refractivity contribution in [2.45, 2.75) is 0 Å². The van der Waals surface area contributed by atoms with Gasteiger partial charge in [-0.05, 0) is 75.0 Å². The number of benzene rings is 1. The maximum absolute atomic E-state index is 11.9. The van der Waals surface area contributed by atoms with Gasteiger partial charge >= 0.3 is 0 Å². The van der Waals surface area contributed by atoms with Crippen molar-refractivity contribution in [3.05, 3.63) is 53.9 Å². The highest BCUT2D eigenvalue weighted by molar-refractivity contribution is 14.1. The number of nitrogens with zero attached hydrogens (tertiary/aromatic N) is 2. The molecule has 1 amide bonds. The smallest absolute Gasteiger partial charge is 0.274 e. The normalized spacial score (nSPS) is 10.7. The van der Waals surface area contributed by atoms with E-state index in [1.165, 1.54) is 6.20 Å². The maximum atomic E-state index is 11.9. The summed E-state index contributed by atoms with van der Waals surface area (Å²) in [6.07, 6.45) is 3.08. The number of carbonyl (C=O) groups is 1. The molecule has 2 aromatic rings. The zero-order valence-electron chi connectivity index (χ0n) is 11.3. The molecule has 114 valence electrons. The van der Waals surface area contributed by atoms with E-state index >= 15 is 0 Å². The maximum Gasteiger partial charge on any atom is 0.274 e. The summed E-state index contributed by atoms with van der Waals surface area (Å²) in [5, 5.41) is 4.08. The van der Waals surface area contributed by atoms with Crippen molar-refractivity contribution in [3.63, 3.8) is 0 Å². The Labute approximate surface area is 159 Å². The zero-order valence-corrected chi connectivity index (χ0v) is 16.4. The van der Waals surface area contributed by atoms with Crippen LogP contribution in [0.15, 0.2) is 35.6 Å². The molecular formula is C14H10ClI2N3O2. The van der Waals surface area contributed by atoms with Gasteiger partial charge in [0.25, 0.3) is 5.91 Å². The number of nitrogens with one attached hydrogen (secondary N) is 1. The van der Waals surface area contributed by atoms with E-state index in [0.717, 1.165) is 18.5 Å². The average Bonchev–Trinajstić information content (AvgIpc) is 2.47. The topological polar surface area (TPSA) is 63.6 Å². The highest BCUT2D eigenvalue weighted by atomic mass is 127. The number of carbonyl (C=O) groups excluding carboxylic acids is 1. The van der Waals surface area contributed by atoms with Gasteiger partial charge in [0.1, 0.15) is 10.9 Å². The number of hydrogen-bond donors (Lipinski definition) is 1. The van der Waals surface area contributed by atoms with Gasteiger partial charge in [-0.1, -0.05) is 11.6 Å². The molecule has 0 saturated heterocycles. The van der Waals surface area contributed by atoms with Gasteiger partial charge in [0.15, 0.2) is 0 Å². The molecule has 0 bridgehead atoms. The Morgan fingerprint density at radius 3 is 2.68 bits per heavy atom. The Bertz CT molecular complexity index is 715. The van der Waals surface area contributed by atoms with Crippen molar-refractivity contribution in [2.75, 3.05) is 7.11 Å². The third-order valence-electron chi connectivity index (χ3n) is 2.61. The first-order valence-electron chi connectivity index (χ1n) is 6.00. The highest BCUT2D eigenvalue weighted by Crippen LogP contribution is 2.27. The molecule has 0 saturated carbocycles. The van der Waals surface area contributed by atoms with E-state index in [0.29, 0.717) is 0 Å². The van der Waals surface area contributed by atoms with E-state index in [2.05, 4.69) is 60.7 Å². The van der Waals surface area contributed by atoms with Crippen molar-refractivity contribution in [1.29, 1.82) is 0 Å². The molecule has 0 aliphatic rings. The Morgan fingerprint density at radius 1 is 1.41 bits per heavy atom. The zero-order chi connectivity index (χ0) is 16.1. The molecule has 0 aliphatic heterocycles. The van der Waals surface area contributed by atoms with Crippen LogP contribution in [0.2, 0.25) is 5.15 Å². The molecule has 1 aromatic carbocycles. The molecule has 5 nitrogen and oxygen atoms in total. The van der Waals surface area contributed by atoms with Crippen molar-refractivity contribution in [3.8, 4) is 5.75 Å². The summed E-state index contributed by atoms with van der Waals surface area (Å²) in [5.41, 5.74) is 3.56. The molecule has 2 rings (SSSR count). The van der Waals surface area contributed by atoms with E-state index in [-0.39, 0.29) is 10.7 Å². The standard InChI is InChI=1S/C14H10ClI2N3O2/c1-22-12-10(16)5-8(6-11(12)17)7-19-20-14(21)9-3-2-4-18-13(9)15/h2-7H,1H3,(H,20,21). The van der Waals surface area contributed by atoms with E-state index in [1.807, 2.05) is 12.1 Å². The first-order valence-corrected chi connectivity index (χ1v) is 8.53. The summed E-state index contributed by atoms with van der Waals surface area (Å²) in [5.74, 6) is 0.414. The fraction of sp³-hybridized carbons (Fsp3) is 0.0714. The Hall–Kier alpha value is -0.940. The molecule has 0 fully saturated rings. The van der Waals surface area contributed by atoms with E-state index in [9.17, 15) is 4.79 Å². The molecule has 8 heteroatoms. The summed E-state index contributed by atoms with van der Waals surface area (Å²) < 4.78 is 7.23. The lowest BCUT2D eigenvalue weighted by Gasteiger charge is -2.07. The lowest BCUT2D eigenvalue weighted by molar-refractivity contribution is 0.0955. The summed E-state index contributed by atoms with van der Waals surface area (Å²) in [6.45, 7) is 0. The number of ether oxygens (including phenoxy) is 1. The van der Waals surface area contributed by atoms with Gasteiger partial charge in [-0.25, -0.2) is 10.4 Å². The molecule has 0 radical (unpaired) electrons. The predicted molar refractivity (Wildman–Crippen MR) is 103 cm³/mol. The van der Waals surface area contributed by atoms with Gasteiger partial charge in [-0.15, -0.1) is 0 Å². The van der Waals surface area contributed by atoms with Gasteiger partial charge in [0.05, 0.1) is 26.0 Å². The molecular weight excluding hydrogens is 531 g/mol. The van der Waals surface area contributed by atoms with Crippen molar-refractivity contribution < 1.29 is 9.53 Å². The number of hydrazone groups is 1. The molecule has 22 heavy (non-hydrogen) atoms. The first-order chi connectivity index (χ1) is 10.5. The molecule has 0 aliphatic carbocycles. The number of pyridine rings is 1. The summed E-state index contributed by atoms with van der Waals surface area (Å²) in [7, 11) is 1.63. The Morgan fingerprint density at radius 2 is 2.09 bits per heavy atom. The molecule has 0 unspecified atom stereocenters. The highest BCUT2D eigenvalue weighted by Gasteiger charge is 2.09. The summed E-state index contributed by atoms with van der Waals surface area (Å²) in [6, 6.07) is 7.04. The largest absolute Gasteiger partial charge is 0.495 e. The number of halogens is 3. The molecule has 1 N–H and O–H groups in total. The first kappa shape index (κ1) is 17.4. The molecule has 1 heterocycles. The molecule has 1 aromatic heterocycles. The molecule has 0 spiro atoms. The van der Waals surface area contributed by atoms with Crippen molar-refractivity contribution in [1.82, 2.24) is 10.4 Å². The minimum Gasteiger partial charge on any atom is -0.495 e. The van der Waals surface area contributed by atoms with Crippen LogP contribution < -0.4 is 10.2 Å². The summed E-state index contributed by atoms with van der Waals surface area (Å²) in [4.78, 5) is 15.8. The second-order valence-corrected chi connectivity index (χ2v) is 6.74. The quantitative estimate of drug-likeness (QED) is 0.278. The van der Waals surface area contributed by atoms with Gasteiger partial charge < -0.3 is 4.74 Å². The summed E-state index contributed by atoms with van der Waals surface area (Å²) >= 11 is 10.2. The van der Waals surface area contributed by atoms with Gasteiger partial charge in [-0.2, -0.15) is 5.10 Å². The lowest BCUT2D eigenvalue weighted by atomic mass is 10.2. The number of aromatic nitrogens is 1. The van der Waals surface area contributed by atoms with Gasteiger partial charge in [0.2, 0.25) is 0 Å². The number of amides is 1. The number of hydrogen-bond acceptors (Lipinski definition) is 4. The lowest BCUT2D eigenvalue weighted by Crippen LogP contribution is -2.18. The second-order valence-electron chi connectivity index (χ2n) is 4.06. The van der Waals surface area contributed by atoms with E-state index in [1.54, 1.807) is 25.5 Å². The van der Waals surface area contributed by atoms with Crippen molar-refractivity contribution >= 4 is 68.9 Å². The predicted octanol–water partition coefficient (Wildman–Crippen LogP) is 3.72. The van der Waals surface area contributed by atoms with Crippen LogP contribution in [0.25, 0.3) is 0 Å². The third kappa shape index (κ3) is 4.29. The van der Waals surface area contributed by atoms with Gasteiger partial charge in [0, 0.05) is 6.20 Å². The Kier molecular flexibility index (Phi) is 6.38. The van der Waals surface area contributed by atoms with Gasteiger partial charge in [-0.3, -0.25) is 4.79 Å². The van der Waals surface area contributed by atoms with Crippen LogP contribution >= 0.6 is 56.8 Å². The Balaban J connectivity index is 2.10. The van der Waals surface area contributed by atoms with Crippen LogP contribution in [0.3, 0.4) is 0 Å². The second kappa shape index (κ2) is 8.06. The van der Waals surface area contributed by atoms with E-state index < -0.39 is 5.91 Å². The van der Waals surface area contributed by atoms with Crippen LogP contribution in [0.1, 0.15) is 15.9 Å². The van der Waals surface area contributed by atoms with Crippen molar-refractivity contribution in [2.24, 2.45) is 5.10 Å². The number of methoxy groups -OCH3 is 1. The van der Waals surface area contributed by atoms with Crippen LogP contribution in [0.5, 0.6) is 5.75 Å². The minimum atomic E-state index is -0.410. The van der Waals surface area contributed by atoms with Crippen LogP contribution in [-0.2, 0) is 0 Å². The average molecular weight is 542 g/mol. The third-order valence-corrected chi connectivity index (χ3v) is 4.51.